The van der Waals surface area contributed by atoms with E-state index in [2.05, 4.69) is 48.6 Å². The Kier molecular flexibility index (Phi) is 2.77. The Labute approximate surface area is 107 Å². The van der Waals surface area contributed by atoms with Gasteiger partial charge in [0.2, 0.25) is 0 Å². The number of rotatable bonds is 2. The first-order valence-corrected chi connectivity index (χ1v) is 6.29. The third kappa shape index (κ3) is 1.68. The summed E-state index contributed by atoms with van der Waals surface area (Å²) in [7, 11) is 0. The lowest BCUT2D eigenvalue weighted by Gasteiger charge is -2.31. The van der Waals surface area contributed by atoms with Crippen LogP contribution in [0.1, 0.15) is 12.0 Å². The zero-order chi connectivity index (χ0) is 12.4. The average molecular weight is 236 g/mol. The number of hydrogen-bond donors (Lipinski definition) is 1. The van der Waals surface area contributed by atoms with Crippen LogP contribution in [0.4, 0.5) is 0 Å². The molecule has 0 saturated heterocycles. The molecule has 0 fully saturated rings. The maximum absolute atomic E-state index is 9.87. The van der Waals surface area contributed by atoms with Crippen molar-refractivity contribution in [1.29, 1.82) is 0 Å². The van der Waals surface area contributed by atoms with Crippen molar-refractivity contribution in [3.05, 3.63) is 72.3 Å². The Balaban J connectivity index is 2.24. The van der Waals surface area contributed by atoms with E-state index < -0.39 is 0 Å². The summed E-state index contributed by atoms with van der Waals surface area (Å²) in [5.41, 5.74) is 0.944. The Hall–Kier alpha value is -1.86. The topological polar surface area (TPSA) is 20.2 Å². The molecule has 2 aromatic carbocycles. The molecule has 1 unspecified atom stereocenters. The monoisotopic (exact) mass is 236 g/mol. The van der Waals surface area contributed by atoms with E-state index in [0.717, 1.165) is 6.42 Å². The lowest BCUT2D eigenvalue weighted by Crippen LogP contribution is -2.28. The van der Waals surface area contributed by atoms with Gasteiger partial charge in [-0.3, -0.25) is 0 Å². The molecule has 1 N–H and O–H groups in total. The highest BCUT2D eigenvalue weighted by molar-refractivity contribution is 5.87. The van der Waals surface area contributed by atoms with Gasteiger partial charge in [0.1, 0.15) is 0 Å². The molecule has 90 valence electrons. The molecule has 0 spiro atoms. The summed E-state index contributed by atoms with van der Waals surface area (Å²) in [5, 5.41) is 12.3. The fourth-order valence-corrected chi connectivity index (χ4v) is 2.73. The quantitative estimate of drug-likeness (QED) is 0.845. The molecule has 18 heavy (non-hydrogen) atoms. The van der Waals surface area contributed by atoms with E-state index in [1.54, 1.807) is 0 Å². The van der Waals surface area contributed by atoms with Gasteiger partial charge >= 0.3 is 0 Å². The van der Waals surface area contributed by atoms with Crippen LogP contribution in [0.25, 0.3) is 10.8 Å². The van der Waals surface area contributed by atoms with Gasteiger partial charge < -0.3 is 5.11 Å². The van der Waals surface area contributed by atoms with Crippen LogP contribution < -0.4 is 0 Å². The Morgan fingerprint density at radius 2 is 1.83 bits per heavy atom. The molecule has 0 saturated carbocycles. The molecule has 0 aliphatic heterocycles. The van der Waals surface area contributed by atoms with Crippen LogP contribution in [0.3, 0.4) is 0 Å². The minimum Gasteiger partial charge on any atom is -0.395 e. The number of allylic oxidation sites excluding steroid dienone is 3. The Morgan fingerprint density at radius 3 is 2.61 bits per heavy atom. The molecular formula is C17H16O. The summed E-state index contributed by atoms with van der Waals surface area (Å²) in [6.07, 6.45) is 9.17. The van der Waals surface area contributed by atoms with E-state index in [-0.39, 0.29) is 12.0 Å². The summed E-state index contributed by atoms with van der Waals surface area (Å²) < 4.78 is 0. The van der Waals surface area contributed by atoms with Gasteiger partial charge in [0.25, 0.3) is 0 Å². The van der Waals surface area contributed by atoms with Gasteiger partial charge in [-0.05, 0) is 22.8 Å². The lowest BCUT2D eigenvalue weighted by atomic mass is 9.74. The summed E-state index contributed by atoms with van der Waals surface area (Å²) >= 11 is 0. The number of aliphatic hydroxyl groups excluding tert-OH is 1. The van der Waals surface area contributed by atoms with Crippen molar-refractivity contribution in [3.63, 3.8) is 0 Å². The second kappa shape index (κ2) is 4.43. The highest BCUT2D eigenvalue weighted by Gasteiger charge is 2.29. The highest BCUT2D eigenvalue weighted by atomic mass is 16.3. The van der Waals surface area contributed by atoms with E-state index in [0.29, 0.717) is 0 Å². The third-order valence-corrected chi connectivity index (χ3v) is 3.75. The summed E-state index contributed by atoms with van der Waals surface area (Å²) in [4.78, 5) is 0. The molecule has 1 nitrogen and oxygen atoms in total. The third-order valence-electron chi connectivity index (χ3n) is 3.75. The molecule has 3 rings (SSSR count). The summed E-state index contributed by atoms with van der Waals surface area (Å²) in [5.74, 6) is 0. The zero-order valence-electron chi connectivity index (χ0n) is 10.2. The lowest BCUT2D eigenvalue weighted by molar-refractivity contribution is 0.226. The van der Waals surface area contributed by atoms with E-state index >= 15 is 0 Å². The van der Waals surface area contributed by atoms with E-state index in [1.165, 1.54) is 16.3 Å². The molecule has 1 aliphatic carbocycles. The van der Waals surface area contributed by atoms with Crippen molar-refractivity contribution in [1.82, 2.24) is 0 Å². The first-order valence-electron chi connectivity index (χ1n) is 6.29. The minimum absolute atomic E-state index is 0.141. The largest absolute Gasteiger partial charge is 0.395 e. The van der Waals surface area contributed by atoms with E-state index in [9.17, 15) is 5.11 Å². The van der Waals surface area contributed by atoms with Crippen LogP contribution in [0.2, 0.25) is 0 Å². The van der Waals surface area contributed by atoms with Crippen molar-refractivity contribution in [2.45, 2.75) is 11.8 Å². The van der Waals surface area contributed by atoms with Gasteiger partial charge in [-0.15, -0.1) is 0 Å². The summed E-state index contributed by atoms with van der Waals surface area (Å²) in [6.45, 7) is 0.141. The maximum atomic E-state index is 9.87. The van der Waals surface area contributed by atoms with Gasteiger partial charge in [0.05, 0.1) is 6.61 Å². The zero-order valence-corrected chi connectivity index (χ0v) is 10.2. The van der Waals surface area contributed by atoms with Crippen LogP contribution in [0, 0.1) is 0 Å². The van der Waals surface area contributed by atoms with Crippen LogP contribution in [-0.4, -0.2) is 11.7 Å². The SMILES string of the molecule is OCC1(c2cccc3ccccc23)C=CC=CC1. The maximum Gasteiger partial charge on any atom is 0.0566 e. The molecule has 0 radical (unpaired) electrons. The van der Waals surface area contributed by atoms with Crippen molar-refractivity contribution < 1.29 is 5.11 Å². The Morgan fingerprint density at radius 1 is 1.00 bits per heavy atom. The van der Waals surface area contributed by atoms with Gasteiger partial charge in [-0.1, -0.05) is 66.8 Å². The Bertz CT molecular complexity index is 619. The number of fused-ring (bicyclic) bond motifs is 1. The molecule has 0 amide bonds. The minimum atomic E-state index is -0.268. The normalized spacial score (nSPS) is 22.5. The second-order valence-electron chi connectivity index (χ2n) is 4.83. The van der Waals surface area contributed by atoms with Crippen LogP contribution in [-0.2, 0) is 5.41 Å². The van der Waals surface area contributed by atoms with Crippen molar-refractivity contribution >= 4 is 10.8 Å². The van der Waals surface area contributed by atoms with Crippen LogP contribution in [0.5, 0.6) is 0 Å². The first-order chi connectivity index (χ1) is 8.86. The van der Waals surface area contributed by atoms with Crippen molar-refractivity contribution in [3.8, 4) is 0 Å². The second-order valence-corrected chi connectivity index (χ2v) is 4.83. The molecule has 1 aliphatic rings. The molecule has 0 aromatic heterocycles. The standard InChI is InChI=1S/C17H16O/c18-13-17(11-4-1-5-12-17)16-10-6-8-14-7-2-3-9-15(14)16/h1-11,18H,12-13H2. The fraction of sp³-hybridized carbons (Fsp3) is 0.176. The average Bonchev–Trinajstić information content (AvgIpc) is 2.47. The molecule has 0 heterocycles. The van der Waals surface area contributed by atoms with E-state index in [4.69, 9.17) is 0 Å². The molecule has 0 bridgehead atoms. The predicted molar refractivity (Wildman–Crippen MR) is 75.6 cm³/mol. The van der Waals surface area contributed by atoms with Gasteiger partial charge in [0, 0.05) is 5.41 Å². The first kappa shape index (κ1) is 11.2. The predicted octanol–water partition coefficient (Wildman–Crippen LogP) is 3.59. The smallest absolute Gasteiger partial charge is 0.0566 e. The van der Waals surface area contributed by atoms with Gasteiger partial charge in [0.15, 0.2) is 0 Å². The van der Waals surface area contributed by atoms with E-state index in [1.807, 2.05) is 18.2 Å². The molecular weight excluding hydrogens is 220 g/mol. The van der Waals surface area contributed by atoms with Crippen molar-refractivity contribution in [2.24, 2.45) is 0 Å². The van der Waals surface area contributed by atoms with Gasteiger partial charge in [-0.2, -0.15) is 0 Å². The highest BCUT2D eigenvalue weighted by Crippen LogP contribution is 2.36. The fourth-order valence-electron chi connectivity index (χ4n) is 2.73. The molecule has 1 atom stereocenters. The molecule has 2 aromatic rings. The van der Waals surface area contributed by atoms with Crippen molar-refractivity contribution in [2.75, 3.05) is 6.61 Å². The number of benzene rings is 2. The van der Waals surface area contributed by atoms with Gasteiger partial charge in [-0.25, -0.2) is 0 Å². The van der Waals surface area contributed by atoms with Crippen LogP contribution in [0.15, 0.2) is 66.8 Å². The number of aliphatic hydroxyl groups is 1. The number of hydrogen-bond acceptors (Lipinski definition) is 1. The summed E-state index contributed by atoms with van der Waals surface area (Å²) in [6, 6.07) is 14.7. The molecule has 1 heteroatoms. The van der Waals surface area contributed by atoms with Crippen LogP contribution >= 0.6 is 0 Å².